The third-order valence-corrected chi connectivity index (χ3v) is 5.72. The molecule has 2 unspecified atom stereocenters. The van der Waals surface area contributed by atoms with Crippen LogP contribution in [-0.4, -0.2) is 38.3 Å². The fourth-order valence-electron chi connectivity index (χ4n) is 1.85. The van der Waals surface area contributed by atoms with Gasteiger partial charge in [0, 0.05) is 12.6 Å². The minimum Gasteiger partial charge on any atom is -0.496 e. The van der Waals surface area contributed by atoms with Crippen LogP contribution in [0, 0.1) is 0 Å². The van der Waals surface area contributed by atoms with Gasteiger partial charge in [0.25, 0.3) is 0 Å². The average molecular weight is 325 g/mol. The number of alkyl halides is 3. The van der Waals surface area contributed by atoms with E-state index in [1.165, 1.54) is 14.0 Å². The molecule has 0 N–H and O–H groups in total. The van der Waals surface area contributed by atoms with Crippen LogP contribution in [0.2, 0.25) is 0 Å². The number of nitrogens with zero attached hydrogens (tertiary/aromatic N) is 1. The second kappa shape index (κ2) is 6.23. The topological polar surface area (TPSA) is 46.6 Å². The molecule has 0 aliphatic carbocycles. The van der Waals surface area contributed by atoms with E-state index in [4.69, 9.17) is 4.74 Å². The number of benzene rings is 1. The lowest BCUT2D eigenvalue weighted by Crippen LogP contribution is -2.43. The summed E-state index contributed by atoms with van der Waals surface area (Å²) in [6.07, 6.45) is -4.81. The molecule has 0 radical (unpaired) electrons. The van der Waals surface area contributed by atoms with Crippen molar-refractivity contribution in [1.82, 2.24) is 4.31 Å². The Morgan fingerprint density at radius 1 is 1.19 bits per heavy atom. The van der Waals surface area contributed by atoms with Gasteiger partial charge in [-0.15, -0.1) is 0 Å². The molecular weight excluding hydrogens is 307 g/mol. The Balaban J connectivity index is 3.16. The SMILES string of the molecule is COc1ccccc1C(C)N(C)S(=O)(=O)C(C)C(F)(F)F. The van der Waals surface area contributed by atoms with E-state index in [9.17, 15) is 21.6 Å². The molecule has 1 rings (SSSR count). The largest absolute Gasteiger partial charge is 0.496 e. The number of hydrogen-bond donors (Lipinski definition) is 0. The van der Waals surface area contributed by atoms with Crippen molar-refractivity contribution in [1.29, 1.82) is 0 Å². The molecule has 1 aromatic carbocycles. The standard InChI is InChI=1S/C13H18F3NO3S/c1-9(11-7-5-6-8-12(11)20-4)17(3)21(18,19)10(2)13(14,15)16/h5-10H,1-4H3. The van der Waals surface area contributed by atoms with Crippen LogP contribution in [0.25, 0.3) is 0 Å². The highest BCUT2D eigenvalue weighted by Crippen LogP contribution is 2.34. The molecule has 0 aromatic heterocycles. The molecule has 4 nitrogen and oxygen atoms in total. The number of para-hydroxylation sites is 1. The Labute approximate surface area is 122 Å². The van der Waals surface area contributed by atoms with E-state index in [-0.39, 0.29) is 0 Å². The van der Waals surface area contributed by atoms with Crippen molar-refractivity contribution in [2.45, 2.75) is 31.3 Å². The number of methoxy groups -OCH3 is 1. The maximum absolute atomic E-state index is 12.7. The summed E-state index contributed by atoms with van der Waals surface area (Å²) in [6, 6.07) is 5.83. The summed E-state index contributed by atoms with van der Waals surface area (Å²) in [7, 11) is -1.97. The molecule has 1 aromatic rings. The molecule has 2 atom stereocenters. The summed E-state index contributed by atoms with van der Waals surface area (Å²) < 4.78 is 68.0. The summed E-state index contributed by atoms with van der Waals surface area (Å²) in [5.41, 5.74) is 0.500. The van der Waals surface area contributed by atoms with Gasteiger partial charge in [0.1, 0.15) is 5.75 Å². The zero-order valence-electron chi connectivity index (χ0n) is 12.2. The van der Waals surface area contributed by atoms with Gasteiger partial charge in [-0.1, -0.05) is 18.2 Å². The van der Waals surface area contributed by atoms with Gasteiger partial charge in [0.2, 0.25) is 10.0 Å². The molecule has 0 spiro atoms. The molecule has 0 bridgehead atoms. The first-order valence-corrected chi connectivity index (χ1v) is 7.70. The molecule has 0 heterocycles. The molecular formula is C13H18F3NO3S. The van der Waals surface area contributed by atoms with Crippen LogP contribution < -0.4 is 4.74 Å². The molecule has 0 aliphatic heterocycles. The van der Waals surface area contributed by atoms with Crippen LogP contribution in [0.5, 0.6) is 5.75 Å². The summed E-state index contributed by atoms with van der Waals surface area (Å²) in [4.78, 5) is 0. The first-order valence-electron chi connectivity index (χ1n) is 6.20. The maximum Gasteiger partial charge on any atom is 0.406 e. The number of halogens is 3. The predicted molar refractivity (Wildman–Crippen MR) is 73.6 cm³/mol. The highest BCUT2D eigenvalue weighted by Gasteiger charge is 2.47. The number of rotatable bonds is 5. The smallest absolute Gasteiger partial charge is 0.406 e. The first kappa shape index (κ1) is 17.8. The number of hydrogen-bond acceptors (Lipinski definition) is 3. The third-order valence-electron chi connectivity index (χ3n) is 3.44. The number of sulfonamides is 1. The molecule has 120 valence electrons. The Kier molecular flexibility index (Phi) is 5.27. The molecule has 0 aliphatic rings. The predicted octanol–water partition coefficient (Wildman–Crippen LogP) is 2.97. The van der Waals surface area contributed by atoms with Gasteiger partial charge in [0.15, 0.2) is 5.25 Å². The van der Waals surface area contributed by atoms with E-state index in [1.54, 1.807) is 24.3 Å². The van der Waals surface area contributed by atoms with Gasteiger partial charge < -0.3 is 4.74 Å². The Morgan fingerprint density at radius 3 is 2.19 bits per heavy atom. The van der Waals surface area contributed by atoms with Crippen molar-refractivity contribution in [2.75, 3.05) is 14.2 Å². The maximum atomic E-state index is 12.7. The highest BCUT2D eigenvalue weighted by molar-refractivity contribution is 7.89. The quantitative estimate of drug-likeness (QED) is 0.836. The molecule has 8 heteroatoms. The lowest BCUT2D eigenvalue weighted by atomic mass is 10.1. The van der Waals surface area contributed by atoms with Crippen LogP contribution >= 0.6 is 0 Å². The zero-order chi connectivity index (χ0) is 16.4. The molecule has 0 amide bonds. The molecule has 0 saturated heterocycles. The molecule has 21 heavy (non-hydrogen) atoms. The molecule has 0 saturated carbocycles. The van der Waals surface area contributed by atoms with Crippen LogP contribution in [0.1, 0.15) is 25.5 Å². The Bertz CT molecular complexity index is 587. The minimum atomic E-state index is -4.81. The second-order valence-electron chi connectivity index (χ2n) is 4.66. The fraction of sp³-hybridized carbons (Fsp3) is 0.538. The van der Waals surface area contributed by atoms with E-state index in [1.807, 2.05) is 0 Å². The van der Waals surface area contributed by atoms with Crippen molar-refractivity contribution < 1.29 is 26.3 Å². The lowest BCUT2D eigenvalue weighted by molar-refractivity contribution is -0.127. The highest BCUT2D eigenvalue weighted by atomic mass is 32.2. The minimum absolute atomic E-state index is 0.423. The van der Waals surface area contributed by atoms with Gasteiger partial charge in [-0.25, -0.2) is 8.42 Å². The van der Waals surface area contributed by atoms with Crippen molar-refractivity contribution in [3.63, 3.8) is 0 Å². The summed E-state index contributed by atoms with van der Waals surface area (Å²) >= 11 is 0. The van der Waals surface area contributed by atoms with Gasteiger partial charge in [-0.3, -0.25) is 0 Å². The number of ether oxygens (including phenoxy) is 1. The van der Waals surface area contributed by atoms with Gasteiger partial charge in [-0.2, -0.15) is 17.5 Å². The van der Waals surface area contributed by atoms with Crippen LogP contribution in [-0.2, 0) is 10.0 Å². The van der Waals surface area contributed by atoms with Gasteiger partial charge >= 0.3 is 6.18 Å². The lowest BCUT2D eigenvalue weighted by Gasteiger charge is -2.29. The van der Waals surface area contributed by atoms with E-state index < -0.39 is 27.5 Å². The molecule has 0 fully saturated rings. The fourth-order valence-corrected chi connectivity index (χ4v) is 3.24. The van der Waals surface area contributed by atoms with Crippen LogP contribution in [0.15, 0.2) is 24.3 Å². The monoisotopic (exact) mass is 325 g/mol. The Hall–Kier alpha value is -1.28. The summed E-state index contributed by atoms with van der Waals surface area (Å²) in [6.45, 7) is 2.15. The third kappa shape index (κ3) is 3.68. The van der Waals surface area contributed by atoms with E-state index in [0.29, 0.717) is 18.2 Å². The van der Waals surface area contributed by atoms with Crippen molar-refractivity contribution >= 4 is 10.0 Å². The van der Waals surface area contributed by atoms with Gasteiger partial charge in [-0.05, 0) is 19.9 Å². The van der Waals surface area contributed by atoms with Crippen molar-refractivity contribution in [3.05, 3.63) is 29.8 Å². The second-order valence-corrected chi connectivity index (χ2v) is 6.98. The summed E-state index contributed by atoms with van der Waals surface area (Å²) in [5.74, 6) is 0.423. The van der Waals surface area contributed by atoms with Gasteiger partial charge in [0.05, 0.1) is 13.2 Å². The van der Waals surface area contributed by atoms with E-state index >= 15 is 0 Å². The van der Waals surface area contributed by atoms with Crippen molar-refractivity contribution in [3.8, 4) is 5.75 Å². The van der Waals surface area contributed by atoms with Crippen molar-refractivity contribution in [2.24, 2.45) is 0 Å². The van der Waals surface area contributed by atoms with E-state index in [0.717, 1.165) is 11.4 Å². The first-order chi connectivity index (χ1) is 9.53. The average Bonchev–Trinajstić information content (AvgIpc) is 2.43. The van der Waals surface area contributed by atoms with Crippen LogP contribution in [0.3, 0.4) is 0 Å². The van der Waals surface area contributed by atoms with E-state index in [2.05, 4.69) is 0 Å². The van der Waals surface area contributed by atoms with Crippen LogP contribution in [0.4, 0.5) is 13.2 Å². The zero-order valence-corrected chi connectivity index (χ0v) is 13.0. The summed E-state index contributed by atoms with van der Waals surface area (Å²) in [5, 5.41) is -2.47. The Morgan fingerprint density at radius 2 is 1.71 bits per heavy atom. The normalized spacial score (nSPS) is 15.8.